The molecule has 0 aliphatic heterocycles. The highest BCUT2D eigenvalue weighted by atomic mass is 127. The second kappa shape index (κ2) is 4.35. The van der Waals surface area contributed by atoms with Gasteiger partial charge in [-0.2, -0.15) is 4.39 Å². The summed E-state index contributed by atoms with van der Waals surface area (Å²) in [5.74, 6) is -2.49. The topological polar surface area (TPSA) is 55.1 Å². The minimum absolute atomic E-state index is 0.300. The number of hydrogen-bond acceptors (Lipinski definition) is 2. The summed E-state index contributed by atoms with van der Waals surface area (Å²) in [6, 6.07) is 0. The van der Waals surface area contributed by atoms with Crippen LogP contribution in [-0.2, 0) is 9.35 Å². The summed E-state index contributed by atoms with van der Waals surface area (Å²) in [6.45, 7) is 0. The Morgan fingerprint density at radius 1 is 1.85 bits per heavy atom. The van der Waals surface area contributed by atoms with Crippen molar-refractivity contribution < 1.29 is 14.3 Å². The largest absolute Gasteiger partial charge is 0.476 e. The molecule has 0 aliphatic carbocycles. The number of carboxylic acid groups (broad SMARTS) is 1. The van der Waals surface area contributed by atoms with Gasteiger partial charge in [0, 0.05) is 18.5 Å². The van der Waals surface area contributed by atoms with Crippen LogP contribution < -0.4 is 0 Å². The fourth-order valence-corrected chi connectivity index (χ4v) is 1.31. The molecular weight excluding hydrogens is 290 g/mol. The van der Waals surface area contributed by atoms with Gasteiger partial charge in [0.2, 0.25) is 5.83 Å². The molecule has 1 N–H and O–H groups in total. The van der Waals surface area contributed by atoms with Gasteiger partial charge in [-0.3, -0.25) is 0 Å². The Bertz CT molecular complexity index is 348. The van der Waals surface area contributed by atoms with Crippen molar-refractivity contribution in [3.05, 3.63) is 24.0 Å². The molecule has 4 nitrogen and oxygen atoms in total. The fourth-order valence-electron chi connectivity index (χ4n) is 0.737. The molecule has 1 heterocycles. The SMILES string of the molecule is O=C(O)/C(F)=C/c1nccn1CI. The summed E-state index contributed by atoms with van der Waals surface area (Å²) in [5.41, 5.74) is 0. The molecule has 0 fully saturated rings. The molecule has 1 aromatic rings. The predicted octanol–water partition coefficient (Wildman–Crippen LogP) is 1.67. The Kier molecular flexibility index (Phi) is 3.40. The minimum atomic E-state index is -1.58. The molecule has 6 heteroatoms. The van der Waals surface area contributed by atoms with Crippen molar-refractivity contribution in [3.8, 4) is 0 Å². The van der Waals surface area contributed by atoms with Crippen molar-refractivity contribution in [2.75, 3.05) is 0 Å². The van der Waals surface area contributed by atoms with Gasteiger partial charge in [-0.15, -0.1) is 0 Å². The lowest BCUT2D eigenvalue weighted by molar-refractivity contribution is -0.134. The molecule has 0 saturated carbocycles. The second-order valence-corrected chi connectivity index (χ2v) is 2.85. The molecule has 0 saturated heterocycles. The van der Waals surface area contributed by atoms with Crippen LogP contribution in [0.2, 0.25) is 0 Å². The number of alkyl halides is 1. The standard InChI is InChI=1S/C7H6FIN2O2/c8-5(7(12)13)3-6-10-1-2-11(6)4-9/h1-3H,4H2,(H,12,13)/b5-3-. The lowest BCUT2D eigenvalue weighted by Crippen LogP contribution is -1.98. The minimum Gasteiger partial charge on any atom is -0.476 e. The summed E-state index contributed by atoms with van der Waals surface area (Å²) >= 11 is 2.06. The number of halogens is 2. The zero-order valence-electron chi connectivity index (χ0n) is 6.44. The van der Waals surface area contributed by atoms with Crippen molar-refractivity contribution in [1.82, 2.24) is 9.55 Å². The average Bonchev–Trinajstić information content (AvgIpc) is 2.51. The molecule has 0 unspecified atom stereocenters. The Morgan fingerprint density at radius 3 is 3.08 bits per heavy atom. The van der Waals surface area contributed by atoms with E-state index in [9.17, 15) is 9.18 Å². The zero-order chi connectivity index (χ0) is 9.84. The molecule has 0 radical (unpaired) electrons. The number of imidazole rings is 1. The van der Waals surface area contributed by atoms with E-state index in [0.29, 0.717) is 10.4 Å². The first-order chi connectivity index (χ1) is 6.15. The van der Waals surface area contributed by atoms with Crippen molar-refractivity contribution in [3.63, 3.8) is 0 Å². The molecule has 13 heavy (non-hydrogen) atoms. The number of carboxylic acids is 1. The summed E-state index contributed by atoms with van der Waals surface area (Å²) in [5, 5.41) is 8.26. The molecule has 0 spiro atoms. The van der Waals surface area contributed by atoms with Gasteiger partial charge in [0.15, 0.2) is 0 Å². The van der Waals surface area contributed by atoms with Crippen LogP contribution in [0.15, 0.2) is 18.2 Å². The third-order valence-corrected chi connectivity index (χ3v) is 2.07. The van der Waals surface area contributed by atoms with Crippen LogP contribution in [0.3, 0.4) is 0 Å². The third-order valence-electron chi connectivity index (χ3n) is 1.34. The Labute approximate surface area is 87.2 Å². The summed E-state index contributed by atoms with van der Waals surface area (Å²) in [7, 11) is 0. The first-order valence-electron chi connectivity index (χ1n) is 3.32. The van der Waals surface area contributed by atoms with Gasteiger partial charge in [0.1, 0.15) is 5.82 Å². The third kappa shape index (κ3) is 2.51. The van der Waals surface area contributed by atoms with Crippen molar-refractivity contribution in [2.24, 2.45) is 0 Å². The lowest BCUT2D eigenvalue weighted by Gasteiger charge is -1.97. The Hall–Kier alpha value is -0.920. The van der Waals surface area contributed by atoms with Crippen molar-refractivity contribution in [2.45, 2.75) is 4.55 Å². The van der Waals surface area contributed by atoms with Gasteiger partial charge >= 0.3 is 5.97 Å². The smallest absolute Gasteiger partial charge is 0.364 e. The maximum atomic E-state index is 12.6. The highest BCUT2D eigenvalue weighted by Gasteiger charge is 2.07. The van der Waals surface area contributed by atoms with E-state index in [1.54, 1.807) is 10.8 Å². The molecule has 0 bridgehead atoms. The van der Waals surface area contributed by atoms with Crippen LogP contribution in [0.4, 0.5) is 4.39 Å². The van der Waals surface area contributed by atoms with E-state index in [0.717, 1.165) is 6.08 Å². The zero-order valence-corrected chi connectivity index (χ0v) is 8.60. The summed E-state index contributed by atoms with van der Waals surface area (Å²) in [4.78, 5) is 13.9. The summed E-state index contributed by atoms with van der Waals surface area (Å²) in [6.07, 6.45) is 4.02. The van der Waals surface area contributed by atoms with E-state index in [-0.39, 0.29) is 0 Å². The Morgan fingerprint density at radius 2 is 2.54 bits per heavy atom. The van der Waals surface area contributed by atoms with Crippen molar-refractivity contribution >= 4 is 34.6 Å². The van der Waals surface area contributed by atoms with Gasteiger partial charge in [0.05, 0.1) is 4.55 Å². The van der Waals surface area contributed by atoms with Crippen LogP contribution in [-0.4, -0.2) is 20.6 Å². The summed E-state index contributed by atoms with van der Waals surface area (Å²) < 4.78 is 14.8. The number of hydrogen-bond donors (Lipinski definition) is 1. The monoisotopic (exact) mass is 296 g/mol. The first kappa shape index (κ1) is 10.2. The van der Waals surface area contributed by atoms with Crippen molar-refractivity contribution in [1.29, 1.82) is 0 Å². The van der Waals surface area contributed by atoms with Crippen LogP contribution in [0, 0.1) is 0 Å². The van der Waals surface area contributed by atoms with Crippen LogP contribution >= 0.6 is 22.6 Å². The molecule has 1 rings (SSSR count). The van der Waals surface area contributed by atoms with Gasteiger partial charge < -0.3 is 9.67 Å². The molecule has 70 valence electrons. The highest BCUT2D eigenvalue weighted by molar-refractivity contribution is 14.1. The van der Waals surface area contributed by atoms with Crippen LogP contribution in [0.5, 0.6) is 0 Å². The van der Waals surface area contributed by atoms with E-state index in [2.05, 4.69) is 27.6 Å². The van der Waals surface area contributed by atoms with E-state index in [1.165, 1.54) is 6.20 Å². The lowest BCUT2D eigenvalue weighted by atomic mass is 10.4. The van der Waals surface area contributed by atoms with Gasteiger partial charge in [0.25, 0.3) is 0 Å². The Balaban J connectivity index is 2.96. The average molecular weight is 296 g/mol. The van der Waals surface area contributed by atoms with E-state index in [4.69, 9.17) is 5.11 Å². The predicted molar refractivity (Wildman–Crippen MR) is 53.0 cm³/mol. The van der Waals surface area contributed by atoms with Crippen LogP contribution in [0.25, 0.3) is 6.08 Å². The van der Waals surface area contributed by atoms with E-state index >= 15 is 0 Å². The molecule has 0 aliphatic rings. The number of aliphatic carboxylic acids is 1. The number of rotatable bonds is 3. The van der Waals surface area contributed by atoms with E-state index < -0.39 is 11.8 Å². The normalized spacial score (nSPS) is 11.7. The van der Waals surface area contributed by atoms with Gasteiger partial charge in [-0.25, -0.2) is 9.78 Å². The second-order valence-electron chi connectivity index (χ2n) is 2.17. The molecule has 0 amide bonds. The fraction of sp³-hybridized carbons (Fsp3) is 0.143. The molecule has 0 atom stereocenters. The molecule has 0 aromatic carbocycles. The van der Waals surface area contributed by atoms with Gasteiger partial charge in [-0.05, 0) is 0 Å². The van der Waals surface area contributed by atoms with Gasteiger partial charge in [-0.1, -0.05) is 22.6 Å². The molecule has 1 aromatic heterocycles. The number of aromatic nitrogens is 2. The van der Waals surface area contributed by atoms with E-state index in [1.807, 2.05) is 0 Å². The number of nitrogens with zero attached hydrogens (tertiary/aromatic N) is 2. The maximum absolute atomic E-state index is 12.6. The maximum Gasteiger partial charge on any atom is 0.364 e. The van der Waals surface area contributed by atoms with Crippen LogP contribution in [0.1, 0.15) is 5.82 Å². The molecular formula is C7H6FIN2O2. The highest BCUT2D eigenvalue weighted by Crippen LogP contribution is 2.08. The first-order valence-corrected chi connectivity index (χ1v) is 4.85. The quantitative estimate of drug-likeness (QED) is 0.524. The number of carbonyl (C=O) groups is 1.